The molecule has 1 saturated carbocycles. The lowest BCUT2D eigenvalue weighted by atomic mass is 9.95. The molecule has 31 heavy (non-hydrogen) atoms. The van der Waals surface area contributed by atoms with Gasteiger partial charge in [-0.1, -0.05) is 23.2 Å². The van der Waals surface area contributed by atoms with Gasteiger partial charge in [-0.15, -0.1) is 0 Å². The van der Waals surface area contributed by atoms with Crippen molar-refractivity contribution in [1.82, 2.24) is 25.6 Å². The van der Waals surface area contributed by atoms with Gasteiger partial charge in [0.2, 0.25) is 5.89 Å². The van der Waals surface area contributed by atoms with Gasteiger partial charge in [0.25, 0.3) is 11.6 Å². The first kappa shape index (κ1) is 19.5. The van der Waals surface area contributed by atoms with E-state index in [0.29, 0.717) is 39.8 Å². The van der Waals surface area contributed by atoms with E-state index in [4.69, 9.17) is 13.5 Å². The number of rotatable bonds is 4. The third kappa shape index (κ3) is 3.20. The molecule has 160 valence electrons. The summed E-state index contributed by atoms with van der Waals surface area (Å²) in [5.41, 5.74) is 2.12. The molecule has 9 heteroatoms. The smallest absolute Gasteiger partial charge is 0.259 e. The van der Waals surface area contributed by atoms with Crippen LogP contribution in [0.5, 0.6) is 0 Å². The number of fused-ring (bicyclic) bond motifs is 1. The molecule has 0 atom stereocenters. The van der Waals surface area contributed by atoms with Gasteiger partial charge in [0.05, 0.1) is 22.3 Å². The summed E-state index contributed by atoms with van der Waals surface area (Å²) in [6.07, 6.45) is 3.46. The van der Waals surface area contributed by atoms with Crippen molar-refractivity contribution in [1.29, 1.82) is 0 Å². The van der Waals surface area contributed by atoms with Crippen LogP contribution < -0.4 is 5.32 Å². The number of carbonyl (C=O) groups is 1. The Morgan fingerprint density at radius 1 is 1.03 bits per heavy atom. The quantitative estimate of drug-likeness (QED) is 0.518. The third-order valence-corrected chi connectivity index (χ3v) is 5.94. The second-order valence-corrected chi connectivity index (χ2v) is 8.21. The number of carbonyl (C=O) groups excluding carboxylic acids is 1. The molecule has 0 unspecified atom stereocenters. The van der Waals surface area contributed by atoms with Gasteiger partial charge in [-0.25, -0.2) is 4.98 Å². The van der Waals surface area contributed by atoms with Crippen LogP contribution in [0.2, 0.25) is 0 Å². The zero-order chi connectivity index (χ0) is 21.8. The predicted molar refractivity (Wildman–Crippen MR) is 110 cm³/mol. The molecule has 0 saturated heterocycles. The van der Waals surface area contributed by atoms with Crippen molar-refractivity contribution in [3.63, 3.8) is 0 Å². The summed E-state index contributed by atoms with van der Waals surface area (Å²) >= 11 is 0. The molecule has 0 bridgehead atoms. The fraction of sp³-hybridized carbons (Fsp3) is 0.409. The maximum absolute atomic E-state index is 13.6. The molecule has 4 heterocycles. The van der Waals surface area contributed by atoms with Crippen LogP contribution in [-0.2, 0) is 5.54 Å². The van der Waals surface area contributed by atoms with Gasteiger partial charge in [0.15, 0.2) is 5.82 Å². The number of nitrogens with zero attached hydrogens (tertiary/aromatic N) is 4. The van der Waals surface area contributed by atoms with Crippen molar-refractivity contribution in [2.24, 2.45) is 0 Å². The van der Waals surface area contributed by atoms with E-state index in [-0.39, 0.29) is 5.91 Å². The predicted octanol–water partition coefficient (Wildman–Crippen LogP) is 4.30. The summed E-state index contributed by atoms with van der Waals surface area (Å²) in [4.78, 5) is 22.6. The maximum atomic E-state index is 13.6. The summed E-state index contributed by atoms with van der Waals surface area (Å²) in [5.74, 6) is 2.24. The van der Waals surface area contributed by atoms with Gasteiger partial charge >= 0.3 is 0 Å². The molecule has 0 spiro atoms. The third-order valence-electron chi connectivity index (χ3n) is 5.94. The number of amides is 1. The van der Waals surface area contributed by atoms with Crippen LogP contribution in [0.1, 0.15) is 65.0 Å². The fourth-order valence-corrected chi connectivity index (χ4v) is 4.46. The first-order chi connectivity index (χ1) is 14.9. The summed E-state index contributed by atoms with van der Waals surface area (Å²) in [6.45, 7) is 7.28. The van der Waals surface area contributed by atoms with Crippen molar-refractivity contribution in [3.8, 4) is 11.3 Å². The number of nitrogens with one attached hydrogen (secondary N) is 1. The minimum Gasteiger partial charge on any atom is -0.466 e. The lowest BCUT2D eigenvalue weighted by molar-refractivity contribution is 0.0893. The Labute approximate surface area is 178 Å². The van der Waals surface area contributed by atoms with Gasteiger partial charge in [-0.2, -0.15) is 4.98 Å². The Morgan fingerprint density at radius 2 is 1.81 bits per heavy atom. The summed E-state index contributed by atoms with van der Waals surface area (Å²) in [7, 11) is 0. The van der Waals surface area contributed by atoms with E-state index in [0.717, 1.165) is 42.8 Å². The normalized spacial score (nSPS) is 15.6. The molecule has 1 N–H and O–H groups in total. The van der Waals surface area contributed by atoms with Crippen molar-refractivity contribution in [2.75, 3.05) is 0 Å². The van der Waals surface area contributed by atoms with Crippen molar-refractivity contribution in [2.45, 2.75) is 58.9 Å². The standard InChI is InChI=1S/C22H23N5O4/c1-11-9-15(13(3)29-11)17-10-16(18-12(2)26-31-20(18)24-17)19(28)25-22(7-5-6-8-22)21-23-14(4)30-27-21/h9-10H,5-8H2,1-4H3,(H,25,28). The highest BCUT2D eigenvalue weighted by Crippen LogP contribution is 2.38. The largest absolute Gasteiger partial charge is 0.466 e. The van der Waals surface area contributed by atoms with Gasteiger partial charge in [0, 0.05) is 12.5 Å². The average molecular weight is 421 g/mol. The van der Waals surface area contributed by atoms with Gasteiger partial charge in [-0.3, -0.25) is 4.79 Å². The number of hydrogen-bond acceptors (Lipinski definition) is 8. The molecular formula is C22H23N5O4. The van der Waals surface area contributed by atoms with Gasteiger partial charge in [-0.05, 0) is 45.7 Å². The molecule has 4 aromatic rings. The van der Waals surface area contributed by atoms with Crippen molar-refractivity contribution in [3.05, 3.63) is 46.6 Å². The van der Waals surface area contributed by atoms with Crippen molar-refractivity contribution >= 4 is 17.0 Å². The van der Waals surface area contributed by atoms with Gasteiger partial charge in [0.1, 0.15) is 17.1 Å². The molecule has 1 amide bonds. The highest BCUT2D eigenvalue weighted by atomic mass is 16.5. The van der Waals surface area contributed by atoms with E-state index in [1.165, 1.54) is 0 Å². The molecule has 1 aliphatic carbocycles. The summed E-state index contributed by atoms with van der Waals surface area (Å²) in [6, 6.07) is 3.66. The molecule has 1 aliphatic rings. The number of furan rings is 1. The molecular weight excluding hydrogens is 398 g/mol. The summed E-state index contributed by atoms with van der Waals surface area (Å²) in [5, 5.41) is 11.9. The van der Waals surface area contributed by atoms with Crippen LogP contribution >= 0.6 is 0 Å². The monoisotopic (exact) mass is 421 g/mol. The first-order valence-electron chi connectivity index (χ1n) is 10.3. The summed E-state index contributed by atoms with van der Waals surface area (Å²) < 4.78 is 16.3. The topological polar surface area (TPSA) is 120 Å². The average Bonchev–Trinajstić information content (AvgIpc) is 3.51. The lowest BCUT2D eigenvalue weighted by Gasteiger charge is -2.27. The number of aryl methyl sites for hydroxylation is 4. The van der Waals surface area contributed by atoms with E-state index >= 15 is 0 Å². The van der Waals surface area contributed by atoms with Gasteiger partial charge < -0.3 is 18.8 Å². The molecule has 0 aliphatic heterocycles. The molecule has 4 aromatic heterocycles. The second-order valence-electron chi connectivity index (χ2n) is 8.21. The Balaban J connectivity index is 1.61. The molecule has 0 radical (unpaired) electrons. The number of pyridine rings is 1. The molecule has 0 aromatic carbocycles. The highest BCUT2D eigenvalue weighted by molar-refractivity contribution is 6.07. The number of aromatic nitrogens is 4. The Hall–Kier alpha value is -3.49. The molecule has 5 rings (SSSR count). The highest BCUT2D eigenvalue weighted by Gasteiger charge is 2.42. The van der Waals surface area contributed by atoms with Crippen molar-refractivity contribution < 1.29 is 18.3 Å². The van der Waals surface area contributed by atoms with E-state index in [1.807, 2.05) is 19.9 Å². The van der Waals surface area contributed by atoms with Crippen LogP contribution in [-0.4, -0.2) is 26.2 Å². The van der Waals surface area contributed by atoms with E-state index in [1.54, 1.807) is 19.9 Å². The van der Waals surface area contributed by atoms with Crippen LogP contribution in [0.4, 0.5) is 0 Å². The maximum Gasteiger partial charge on any atom is 0.259 e. The van der Waals surface area contributed by atoms with Crippen LogP contribution in [0, 0.1) is 27.7 Å². The zero-order valence-corrected chi connectivity index (χ0v) is 17.9. The Morgan fingerprint density at radius 3 is 2.45 bits per heavy atom. The fourth-order valence-electron chi connectivity index (χ4n) is 4.46. The molecule has 9 nitrogen and oxygen atoms in total. The van der Waals surface area contributed by atoms with E-state index in [2.05, 4.69) is 25.6 Å². The Bertz CT molecular complexity index is 1290. The lowest BCUT2D eigenvalue weighted by Crippen LogP contribution is -2.44. The van der Waals surface area contributed by atoms with E-state index < -0.39 is 5.54 Å². The van der Waals surface area contributed by atoms with E-state index in [9.17, 15) is 4.79 Å². The molecule has 1 fully saturated rings. The SMILES string of the molecule is Cc1cc(-c2cc(C(=O)NC3(c4noc(C)n4)CCCC3)c3c(C)noc3n2)c(C)o1. The van der Waals surface area contributed by atoms with Crippen LogP contribution in [0.15, 0.2) is 25.6 Å². The number of hydrogen-bond donors (Lipinski definition) is 1. The first-order valence-corrected chi connectivity index (χ1v) is 10.3. The van der Waals surface area contributed by atoms with Crippen LogP contribution in [0.25, 0.3) is 22.4 Å². The Kier molecular flexibility index (Phi) is 4.42. The minimum absolute atomic E-state index is 0.248. The van der Waals surface area contributed by atoms with Crippen LogP contribution in [0.3, 0.4) is 0 Å². The minimum atomic E-state index is -0.655. The second kappa shape index (κ2) is 7.04. The zero-order valence-electron chi connectivity index (χ0n) is 17.9.